The van der Waals surface area contributed by atoms with Gasteiger partial charge in [-0.15, -0.1) is 0 Å². The summed E-state index contributed by atoms with van der Waals surface area (Å²) in [7, 11) is -17.1. The Morgan fingerprint density at radius 2 is 1.00 bits per heavy atom. The number of carbonyl (C=O) groups is 1. The van der Waals surface area contributed by atoms with Crippen molar-refractivity contribution in [3.8, 4) is 0 Å². The van der Waals surface area contributed by atoms with Gasteiger partial charge in [0.2, 0.25) is 0 Å². The van der Waals surface area contributed by atoms with Crippen LogP contribution in [0.25, 0.3) is 0 Å². The van der Waals surface area contributed by atoms with E-state index in [2.05, 4.69) is 0 Å². The van der Waals surface area contributed by atoms with Crippen LogP contribution >= 0.6 is 7.26 Å². The van der Waals surface area contributed by atoms with Crippen molar-refractivity contribution < 1.29 is 48.0 Å². The van der Waals surface area contributed by atoms with E-state index in [-0.39, 0.29) is 0 Å². The Bertz CT molecular complexity index is 731. The number of hydrogen-bond acceptors (Lipinski definition) is 5. The van der Waals surface area contributed by atoms with Crippen molar-refractivity contribution in [1.82, 2.24) is 3.71 Å². The first-order valence-electron chi connectivity index (χ1n) is 9.89. The number of nitrogens with zero attached hydrogens (tertiary/aromatic N) is 1. The molecule has 0 aliphatic heterocycles. The van der Waals surface area contributed by atoms with Gasteiger partial charge in [0.05, 0.1) is 0 Å². The van der Waals surface area contributed by atoms with Crippen LogP contribution in [0.5, 0.6) is 0 Å². The summed E-state index contributed by atoms with van der Waals surface area (Å²) in [5.41, 5.74) is -12.8. The molecule has 0 fully saturated rings. The molecule has 15 heteroatoms. The van der Waals surface area contributed by atoms with Gasteiger partial charge in [0, 0.05) is 0 Å². The van der Waals surface area contributed by atoms with Crippen LogP contribution in [0, 0.1) is 0 Å². The quantitative estimate of drug-likeness (QED) is 0.258. The van der Waals surface area contributed by atoms with Crippen molar-refractivity contribution in [3.63, 3.8) is 0 Å². The average Bonchev–Trinajstić information content (AvgIpc) is 2.60. The van der Waals surface area contributed by atoms with Crippen molar-refractivity contribution >= 4 is 33.2 Å². The SMILES string of the molecule is CCCC[PH](CCCC)(CCCC)CC(=O)N(S(=O)(=O)C(F)(F)F)S(=O)(=O)C(F)(F)F. The molecular formula is C16H30F6NO5PS2. The van der Waals surface area contributed by atoms with Crippen LogP contribution in [0.4, 0.5) is 26.3 Å². The Labute approximate surface area is 180 Å². The molecule has 1 amide bonds. The number of halogens is 6. The molecular weight excluding hydrogens is 495 g/mol. The van der Waals surface area contributed by atoms with E-state index >= 15 is 0 Å². The summed E-state index contributed by atoms with van der Waals surface area (Å²) < 4.78 is 123. The Morgan fingerprint density at radius 1 is 0.710 bits per heavy atom. The van der Waals surface area contributed by atoms with E-state index in [1.165, 1.54) is 0 Å². The zero-order chi connectivity index (χ0) is 24.7. The van der Waals surface area contributed by atoms with Gasteiger partial charge in [0.1, 0.15) is 0 Å². The van der Waals surface area contributed by atoms with Gasteiger partial charge in [-0.25, -0.2) is 0 Å². The maximum absolute atomic E-state index is 13.0. The van der Waals surface area contributed by atoms with Crippen molar-refractivity contribution in [2.24, 2.45) is 0 Å². The van der Waals surface area contributed by atoms with E-state index in [1.807, 2.05) is 20.8 Å². The molecule has 0 atom stereocenters. The molecule has 0 aromatic heterocycles. The van der Waals surface area contributed by atoms with Crippen LogP contribution in [0.15, 0.2) is 0 Å². The predicted molar refractivity (Wildman–Crippen MR) is 109 cm³/mol. The van der Waals surface area contributed by atoms with E-state index in [0.29, 0.717) is 57.0 Å². The summed E-state index contributed by atoms with van der Waals surface area (Å²) in [6.07, 6.45) is 3.79. The summed E-state index contributed by atoms with van der Waals surface area (Å²) in [4.78, 5) is 12.6. The van der Waals surface area contributed by atoms with Gasteiger partial charge in [0.15, 0.2) is 0 Å². The van der Waals surface area contributed by atoms with Gasteiger partial charge in [-0.05, 0) is 0 Å². The van der Waals surface area contributed by atoms with Crippen LogP contribution in [-0.2, 0) is 24.8 Å². The molecule has 6 nitrogen and oxygen atoms in total. The number of amides is 1. The Kier molecular flexibility index (Phi) is 11.3. The first-order valence-corrected chi connectivity index (χ1v) is 15.6. The molecule has 0 bridgehead atoms. The number of alkyl halides is 6. The van der Waals surface area contributed by atoms with E-state index in [9.17, 15) is 48.0 Å². The van der Waals surface area contributed by atoms with Gasteiger partial charge < -0.3 is 0 Å². The third kappa shape index (κ3) is 7.73. The molecule has 0 rings (SSSR count). The second-order valence-corrected chi connectivity index (χ2v) is 16.1. The third-order valence-corrected chi connectivity index (χ3v) is 13.9. The number of unbranched alkanes of at least 4 members (excludes halogenated alkanes) is 3. The van der Waals surface area contributed by atoms with Gasteiger partial charge in [0.25, 0.3) is 0 Å². The van der Waals surface area contributed by atoms with Crippen molar-refractivity contribution in [2.75, 3.05) is 24.6 Å². The van der Waals surface area contributed by atoms with Crippen LogP contribution in [0.1, 0.15) is 59.3 Å². The first kappa shape index (κ1) is 30.4. The van der Waals surface area contributed by atoms with Crippen LogP contribution in [-0.4, -0.2) is 62.1 Å². The fourth-order valence-corrected chi connectivity index (χ4v) is 11.5. The standard InChI is InChI=1S/C16H30F6NO5PS2/c1-4-7-10-29(11-8-5-2,12-9-6-3)13-14(24)23(30(25,26)15(17,18)19)31(27,28)16(20,21)22/h29H,4-13H2,1-3H3. The third-order valence-electron chi connectivity index (χ3n) is 4.93. The Morgan fingerprint density at radius 3 is 1.23 bits per heavy atom. The number of rotatable bonds is 13. The summed E-state index contributed by atoms with van der Waals surface area (Å²) >= 11 is 0. The molecule has 0 radical (unpaired) electrons. The number of sulfonamides is 2. The summed E-state index contributed by atoms with van der Waals surface area (Å²) in [6, 6.07) is 0. The minimum absolute atomic E-state index is 0.376. The van der Waals surface area contributed by atoms with Crippen LogP contribution < -0.4 is 0 Å². The topological polar surface area (TPSA) is 88.6 Å². The minimum atomic E-state index is -7.11. The molecule has 0 unspecified atom stereocenters. The molecule has 0 heterocycles. The zero-order valence-electron chi connectivity index (χ0n) is 17.6. The second-order valence-electron chi connectivity index (χ2n) is 7.48. The maximum atomic E-state index is 13.0. The number of carbonyl (C=O) groups excluding carboxylic acids is 1. The fraction of sp³-hybridized carbons (Fsp3) is 0.938. The van der Waals surface area contributed by atoms with Crippen LogP contribution in [0.3, 0.4) is 0 Å². The van der Waals surface area contributed by atoms with Gasteiger partial charge in [-0.2, -0.15) is 0 Å². The van der Waals surface area contributed by atoms with E-state index in [0.717, 1.165) is 0 Å². The molecule has 0 aliphatic carbocycles. The van der Waals surface area contributed by atoms with E-state index in [4.69, 9.17) is 0 Å². The van der Waals surface area contributed by atoms with Crippen molar-refractivity contribution in [3.05, 3.63) is 0 Å². The molecule has 31 heavy (non-hydrogen) atoms. The molecule has 0 N–H and O–H groups in total. The Balaban J connectivity index is 6.55. The molecule has 0 aliphatic rings. The van der Waals surface area contributed by atoms with Crippen molar-refractivity contribution in [1.29, 1.82) is 0 Å². The molecule has 0 saturated heterocycles. The monoisotopic (exact) mass is 525 g/mol. The second kappa shape index (κ2) is 11.5. The summed E-state index contributed by atoms with van der Waals surface area (Å²) in [5.74, 6) is -2.19. The van der Waals surface area contributed by atoms with Crippen molar-refractivity contribution in [2.45, 2.75) is 70.3 Å². The molecule has 188 valence electrons. The molecule has 0 aromatic rings. The van der Waals surface area contributed by atoms with Crippen LogP contribution in [0.2, 0.25) is 0 Å². The fourth-order valence-electron chi connectivity index (χ4n) is 3.27. The van der Waals surface area contributed by atoms with Gasteiger partial charge >= 0.3 is 180 Å². The van der Waals surface area contributed by atoms with E-state index in [1.54, 1.807) is 0 Å². The number of hydrogen-bond donors (Lipinski definition) is 0. The van der Waals surface area contributed by atoms with Gasteiger partial charge in [-0.3, -0.25) is 0 Å². The molecule has 0 saturated carbocycles. The Hall–Kier alpha value is -0.620. The first-order chi connectivity index (χ1) is 13.9. The average molecular weight is 526 g/mol. The predicted octanol–water partition coefficient (Wildman–Crippen LogP) is 4.66. The van der Waals surface area contributed by atoms with Gasteiger partial charge in [-0.1, -0.05) is 0 Å². The zero-order valence-corrected chi connectivity index (χ0v) is 20.3. The summed E-state index contributed by atoms with van der Waals surface area (Å²) in [6.45, 7) is 5.44. The summed E-state index contributed by atoms with van der Waals surface area (Å²) in [5, 5.41) is 0. The normalized spacial score (nSPS) is 14.5. The van der Waals surface area contributed by atoms with E-state index < -0.39 is 54.1 Å². The molecule has 0 spiro atoms. The molecule has 0 aromatic carbocycles.